The molecule has 7 rings (SSSR count). The summed E-state index contributed by atoms with van der Waals surface area (Å²) >= 11 is 0. The van der Waals surface area contributed by atoms with E-state index in [0.717, 1.165) is 53.4 Å². The summed E-state index contributed by atoms with van der Waals surface area (Å²) in [5, 5.41) is 17.4. The van der Waals surface area contributed by atoms with Crippen LogP contribution in [0, 0.1) is 0 Å². The molecule has 0 spiro atoms. The van der Waals surface area contributed by atoms with Gasteiger partial charge in [-0.25, -0.2) is 0 Å². The van der Waals surface area contributed by atoms with Gasteiger partial charge < -0.3 is 30.3 Å². The molecule has 0 aliphatic carbocycles. The van der Waals surface area contributed by atoms with Crippen molar-refractivity contribution >= 4 is 57.2 Å². The van der Waals surface area contributed by atoms with E-state index in [9.17, 15) is 37.1 Å². The third-order valence-corrected chi connectivity index (χ3v) is 10.7. The zero-order valence-electron chi connectivity index (χ0n) is 33.6. The number of aryl methyl sites for hydroxylation is 1. The maximum Gasteiger partial charge on any atom is 0.416 e. The lowest BCUT2D eigenvalue weighted by Crippen LogP contribution is -2.52. The first kappa shape index (κ1) is 42.8. The predicted octanol–water partition coefficient (Wildman–Crippen LogP) is 4.85. The molecule has 4 heterocycles. The van der Waals surface area contributed by atoms with E-state index in [1.54, 1.807) is 46.8 Å². The zero-order valence-corrected chi connectivity index (χ0v) is 33.6. The predicted molar refractivity (Wildman–Crippen MR) is 219 cm³/mol. The third-order valence-electron chi connectivity index (χ3n) is 10.7. The number of ether oxygens (including phenoxy) is 2. The van der Waals surface area contributed by atoms with Crippen LogP contribution < -0.4 is 21.3 Å². The topological polar surface area (TPSA) is 178 Å². The quantitative estimate of drug-likeness (QED) is 0.0669. The van der Waals surface area contributed by atoms with Crippen LogP contribution in [0.5, 0.6) is 0 Å². The summed E-state index contributed by atoms with van der Waals surface area (Å²) in [6.07, 6.45) is 0.642. The second-order valence-electron chi connectivity index (χ2n) is 15.0. The van der Waals surface area contributed by atoms with Crippen molar-refractivity contribution < 1.29 is 46.6 Å². The van der Waals surface area contributed by atoms with Crippen LogP contribution in [0.4, 0.5) is 18.9 Å². The molecule has 1 fully saturated rings. The first-order valence-electron chi connectivity index (χ1n) is 20.3. The van der Waals surface area contributed by atoms with Gasteiger partial charge in [-0.3, -0.25) is 38.5 Å². The Kier molecular flexibility index (Phi) is 13.3. The Balaban J connectivity index is 0.734. The van der Waals surface area contributed by atoms with Gasteiger partial charge in [0, 0.05) is 91.1 Å². The van der Waals surface area contributed by atoms with Crippen molar-refractivity contribution in [3.63, 3.8) is 0 Å². The Bertz CT molecular complexity index is 2430. The van der Waals surface area contributed by atoms with Gasteiger partial charge in [0.2, 0.25) is 17.7 Å². The number of carbonyl (C=O) groups is 5. The highest BCUT2D eigenvalue weighted by Gasteiger charge is 2.40. The Labute approximate surface area is 348 Å². The van der Waals surface area contributed by atoms with Gasteiger partial charge in [-0.05, 0) is 73.9 Å². The number of anilines is 1. The highest BCUT2D eigenvalue weighted by molar-refractivity contribution is 6.10. The number of hydrogen-bond donors (Lipinski definition) is 4. The maximum atomic E-state index is 13.2. The molecule has 2 aliphatic heterocycles. The minimum absolute atomic E-state index is 0.0581. The molecule has 0 bridgehead atoms. The van der Waals surface area contributed by atoms with Crippen LogP contribution in [-0.4, -0.2) is 101 Å². The van der Waals surface area contributed by atoms with E-state index in [2.05, 4.69) is 26.4 Å². The summed E-state index contributed by atoms with van der Waals surface area (Å²) in [5.74, 6) is -1.33. The summed E-state index contributed by atoms with van der Waals surface area (Å²) < 4.78 is 54.0. The minimum atomic E-state index is -4.45. The van der Waals surface area contributed by atoms with Crippen molar-refractivity contribution in [2.75, 3.05) is 51.4 Å². The molecule has 2 aliphatic rings. The summed E-state index contributed by atoms with van der Waals surface area (Å²) in [7, 11) is 1.75. The first-order valence-corrected chi connectivity index (χ1v) is 20.3. The maximum absolute atomic E-state index is 13.2. The minimum Gasteiger partial charge on any atom is -0.385 e. The highest BCUT2D eigenvalue weighted by Crippen LogP contribution is 2.35. The normalized spacial score (nSPS) is 15.4. The molecule has 5 amide bonds. The number of fused-ring (bicyclic) bond motifs is 4. The lowest BCUT2D eigenvalue weighted by molar-refractivity contribution is -0.138. The van der Waals surface area contributed by atoms with Crippen LogP contribution in [0.25, 0.3) is 27.6 Å². The smallest absolute Gasteiger partial charge is 0.385 e. The van der Waals surface area contributed by atoms with Gasteiger partial charge in [0.05, 0.1) is 37.5 Å². The zero-order chi connectivity index (χ0) is 43.1. The number of nitrogens with zero attached hydrogens (tertiary/aromatic N) is 4. The Morgan fingerprint density at radius 1 is 0.885 bits per heavy atom. The number of carbonyl (C=O) groups excluding carboxylic acids is 5. The molecule has 2 aromatic heterocycles. The number of amides is 5. The van der Waals surface area contributed by atoms with Crippen LogP contribution in [0.2, 0.25) is 0 Å². The van der Waals surface area contributed by atoms with Gasteiger partial charge in [0.15, 0.2) is 5.65 Å². The molecule has 1 unspecified atom stereocenters. The standard InChI is InChI=1S/C43H47F3N8O7/c1-52-25-33-31-24-27(9-14-35(31)54(39(33)51-52)29-12-10-28(11-13-29)43(44,45)46)40(57)49-19-21-61-23-22-60-20-18-48-37(55)8-3-2-4-17-47-34-7-5-6-30-32(34)26-53(42(30)59)36-15-16-38(56)50-41(36)58/h5-7,9-14,24-25,36,47H,2-4,8,15-23,26H2,1H3,(H,48,55)(H,49,57)(H,50,56,58). The van der Waals surface area contributed by atoms with Gasteiger partial charge in [0.1, 0.15) is 6.04 Å². The molecule has 4 N–H and O–H groups in total. The third kappa shape index (κ3) is 10.0. The summed E-state index contributed by atoms with van der Waals surface area (Å²) in [4.78, 5) is 63.8. The number of imide groups is 1. The lowest BCUT2D eigenvalue weighted by atomic mass is 10.0. The number of hydrogen-bond acceptors (Lipinski definition) is 9. The molecule has 18 heteroatoms. The molecule has 0 saturated carbocycles. The second kappa shape index (κ2) is 19.0. The van der Waals surface area contributed by atoms with Gasteiger partial charge in [-0.1, -0.05) is 12.5 Å². The fourth-order valence-corrected chi connectivity index (χ4v) is 7.67. The summed E-state index contributed by atoms with van der Waals surface area (Å²) in [6.45, 7) is 2.81. The molecular weight excluding hydrogens is 798 g/mol. The largest absolute Gasteiger partial charge is 0.416 e. The highest BCUT2D eigenvalue weighted by atomic mass is 19.4. The average molecular weight is 845 g/mol. The van der Waals surface area contributed by atoms with E-state index in [1.165, 1.54) is 17.0 Å². The first-order chi connectivity index (χ1) is 29.4. The number of unbranched alkanes of at least 4 members (excludes halogenated alkanes) is 2. The van der Waals surface area contributed by atoms with Gasteiger partial charge in [-0.15, -0.1) is 0 Å². The van der Waals surface area contributed by atoms with E-state index in [0.29, 0.717) is 80.3 Å². The van der Waals surface area contributed by atoms with Gasteiger partial charge in [0.25, 0.3) is 11.8 Å². The fraction of sp³-hybridized carbons (Fsp3) is 0.395. The molecule has 1 atom stereocenters. The molecule has 5 aromatic rings. The van der Waals surface area contributed by atoms with Crippen LogP contribution in [-0.2, 0) is 43.6 Å². The number of halogens is 3. The number of nitrogens with one attached hydrogen (secondary N) is 4. The Hall–Kier alpha value is -6.27. The van der Waals surface area contributed by atoms with E-state index < -0.39 is 23.7 Å². The van der Waals surface area contributed by atoms with E-state index in [1.807, 2.05) is 12.1 Å². The van der Waals surface area contributed by atoms with Crippen LogP contribution in [0.3, 0.4) is 0 Å². The molecular formula is C43H47F3N8O7. The summed E-state index contributed by atoms with van der Waals surface area (Å²) in [5.41, 5.74) is 3.69. The number of alkyl halides is 3. The molecule has 15 nitrogen and oxygen atoms in total. The van der Waals surface area contributed by atoms with E-state index >= 15 is 0 Å². The van der Waals surface area contributed by atoms with Crippen molar-refractivity contribution in [2.24, 2.45) is 7.05 Å². The van der Waals surface area contributed by atoms with Gasteiger partial charge >= 0.3 is 6.18 Å². The molecule has 1 saturated heterocycles. The molecule has 3 aromatic carbocycles. The van der Waals surface area contributed by atoms with Crippen molar-refractivity contribution in [2.45, 2.75) is 57.3 Å². The Morgan fingerprint density at radius 2 is 1.64 bits per heavy atom. The van der Waals surface area contributed by atoms with Crippen LogP contribution >= 0.6 is 0 Å². The Morgan fingerprint density at radius 3 is 2.38 bits per heavy atom. The number of aromatic nitrogens is 3. The van der Waals surface area contributed by atoms with Crippen molar-refractivity contribution in [1.82, 2.24) is 35.2 Å². The number of rotatable bonds is 19. The number of piperidine rings is 1. The fourth-order valence-electron chi connectivity index (χ4n) is 7.67. The van der Waals surface area contributed by atoms with Crippen molar-refractivity contribution in [3.8, 4) is 5.69 Å². The number of benzene rings is 3. The van der Waals surface area contributed by atoms with E-state index in [-0.39, 0.29) is 43.2 Å². The SMILES string of the molecule is Cn1cc2c3cc(C(=O)NCCOCCOCCNC(=O)CCCCCNc4cccc5c4CN(C4CCC(=O)NC4=O)C5=O)ccc3n(-c3ccc(C(F)(F)F)cc3)c2n1. The van der Waals surface area contributed by atoms with Crippen molar-refractivity contribution in [3.05, 3.63) is 89.1 Å². The van der Waals surface area contributed by atoms with Gasteiger partial charge in [-0.2, -0.15) is 18.3 Å². The molecule has 0 radical (unpaired) electrons. The van der Waals surface area contributed by atoms with E-state index in [4.69, 9.17) is 9.47 Å². The molecule has 61 heavy (non-hydrogen) atoms. The average Bonchev–Trinajstić information content (AvgIpc) is 3.88. The molecule has 322 valence electrons. The lowest BCUT2D eigenvalue weighted by Gasteiger charge is -2.29. The monoisotopic (exact) mass is 844 g/mol. The van der Waals surface area contributed by atoms with Crippen molar-refractivity contribution in [1.29, 1.82) is 0 Å². The van der Waals surface area contributed by atoms with Crippen LogP contribution in [0.15, 0.2) is 66.9 Å². The summed E-state index contributed by atoms with van der Waals surface area (Å²) in [6, 6.07) is 14.8. The van der Waals surface area contributed by atoms with Crippen LogP contribution in [0.1, 0.15) is 70.4 Å². The second-order valence-corrected chi connectivity index (χ2v) is 15.0.